The molecule has 0 aliphatic heterocycles. The van der Waals surface area contributed by atoms with Crippen molar-refractivity contribution in [2.24, 2.45) is 5.73 Å². The summed E-state index contributed by atoms with van der Waals surface area (Å²) in [7, 11) is 0. The molecule has 1 aromatic carbocycles. The molecule has 0 aromatic heterocycles. The van der Waals surface area contributed by atoms with Crippen molar-refractivity contribution in [3.8, 4) is 0 Å². The highest BCUT2D eigenvalue weighted by molar-refractivity contribution is 5.98. The second-order valence-corrected chi connectivity index (χ2v) is 5.58. The van der Waals surface area contributed by atoms with Gasteiger partial charge in [0, 0.05) is 5.69 Å². The van der Waals surface area contributed by atoms with E-state index in [9.17, 15) is 4.79 Å². The second-order valence-electron chi connectivity index (χ2n) is 5.58. The minimum atomic E-state index is -0.669. The van der Waals surface area contributed by atoms with E-state index in [0.29, 0.717) is 0 Å². The number of para-hydroxylation sites is 1. The quantitative estimate of drug-likeness (QED) is 0.873. The van der Waals surface area contributed by atoms with Crippen molar-refractivity contribution in [3.63, 3.8) is 0 Å². The van der Waals surface area contributed by atoms with Crippen LogP contribution in [-0.2, 0) is 11.2 Å². The van der Waals surface area contributed by atoms with E-state index in [-0.39, 0.29) is 5.91 Å². The molecule has 0 atom stereocenters. The molecule has 1 fully saturated rings. The highest BCUT2D eigenvalue weighted by Crippen LogP contribution is 2.28. The molecule has 19 heavy (non-hydrogen) atoms. The number of carbonyl (C=O) groups excluding carboxylic acids is 1. The fourth-order valence-corrected chi connectivity index (χ4v) is 2.79. The molecular formula is C16H24N2O. The number of amides is 1. The summed E-state index contributed by atoms with van der Waals surface area (Å²) in [6.07, 6.45) is 6.96. The molecule has 104 valence electrons. The van der Waals surface area contributed by atoms with E-state index in [1.54, 1.807) is 0 Å². The predicted octanol–water partition coefficient (Wildman–Crippen LogP) is 3.24. The predicted molar refractivity (Wildman–Crippen MR) is 79.1 cm³/mol. The van der Waals surface area contributed by atoms with Gasteiger partial charge in [-0.1, -0.05) is 50.8 Å². The summed E-state index contributed by atoms with van der Waals surface area (Å²) in [5, 5.41) is 3.04. The van der Waals surface area contributed by atoms with E-state index in [1.165, 1.54) is 12.0 Å². The molecule has 3 heteroatoms. The zero-order chi connectivity index (χ0) is 13.7. The molecular weight excluding hydrogens is 236 g/mol. The lowest BCUT2D eigenvalue weighted by Gasteiger charge is -2.32. The number of hydrogen-bond donors (Lipinski definition) is 2. The third-order valence-corrected chi connectivity index (χ3v) is 3.98. The Balaban J connectivity index is 2.10. The molecule has 0 heterocycles. The zero-order valence-electron chi connectivity index (χ0n) is 11.7. The van der Waals surface area contributed by atoms with Crippen molar-refractivity contribution in [3.05, 3.63) is 29.8 Å². The van der Waals surface area contributed by atoms with Gasteiger partial charge in [0.2, 0.25) is 5.91 Å². The maximum Gasteiger partial charge on any atom is 0.244 e. The number of benzene rings is 1. The zero-order valence-corrected chi connectivity index (χ0v) is 11.7. The first kappa shape index (κ1) is 14.1. The van der Waals surface area contributed by atoms with E-state index >= 15 is 0 Å². The van der Waals surface area contributed by atoms with Gasteiger partial charge in [0.15, 0.2) is 0 Å². The van der Waals surface area contributed by atoms with Crippen LogP contribution in [-0.4, -0.2) is 11.4 Å². The first-order chi connectivity index (χ1) is 9.15. The smallest absolute Gasteiger partial charge is 0.244 e. The minimum absolute atomic E-state index is 0.0178. The Morgan fingerprint density at radius 2 is 1.95 bits per heavy atom. The molecule has 0 spiro atoms. The van der Waals surface area contributed by atoms with Crippen molar-refractivity contribution in [2.45, 2.75) is 57.4 Å². The van der Waals surface area contributed by atoms with E-state index < -0.39 is 5.54 Å². The summed E-state index contributed by atoms with van der Waals surface area (Å²) < 4.78 is 0. The third kappa shape index (κ3) is 3.35. The normalized spacial score (nSPS) is 18.0. The van der Waals surface area contributed by atoms with E-state index in [4.69, 9.17) is 5.73 Å². The fraction of sp³-hybridized carbons (Fsp3) is 0.562. The van der Waals surface area contributed by atoms with Crippen molar-refractivity contribution in [1.82, 2.24) is 0 Å². The topological polar surface area (TPSA) is 55.1 Å². The van der Waals surface area contributed by atoms with Crippen LogP contribution in [0.15, 0.2) is 24.3 Å². The third-order valence-electron chi connectivity index (χ3n) is 3.98. The Labute approximate surface area is 115 Å². The van der Waals surface area contributed by atoms with Gasteiger partial charge in [-0.05, 0) is 30.9 Å². The van der Waals surface area contributed by atoms with E-state index in [2.05, 4.69) is 18.3 Å². The summed E-state index contributed by atoms with van der Waals surface area (Å²) in [6, 6.07) is 8.01. The molecule has 3 N–H and O–H groups in total. The summed E-state index contributed by atoms with van der Waals surface area (Å²) in [4.78, 5) is 12.4. The molecule has 0 radical (unpaired) electrons. The van der Waals surface area contributed by atoms with Crippen LogP contribution in [0.1, 0.15) is 51.0 Å². The van der Waals surface area contributed by atoms with Crippen LogP contribution in [0.25, 0.3) is 0 Å². The van der Waals surface area contributed by atoms with Crippen LogP contribution in [0.2, 0.25) is 0 Å². The summed E-state index contributed by atoms with van der Waals surface area (Å²) >= 11 is 0. The number of hydrogen-bond acceptors (Lipinski definition) is 2. The molecule has 2 rings (SSSR count). The van der Waals surface area contributed by atoms with Gasteiger partial charge in [-0.3, -0.25) is 4.79 Å². The van der Waals surface area contributed by atoms with Crippen LogP contribution in [0.3, 0.4) is 0 Å². The number of rotatable bonds is 4. The molecule has 1 aliphatic carbocycles. The lowest BCUT2D eigenvalue weighted by molar-refractivity contribution is -0.122. The van der Waals surface area contributed by atoms with Crippen LogP contribution in [0.5, 0.6) is 0 Å². The lowest BCUT2D eigenvalue weighted by atomic mass is 9.82. The van der Waals surface area contributed by atoms with Gasteiger partial charge >= 0.3 is 0 Å². The van der Waals surface area contributed by atoms with Crippen LogP contribution in [0.4, 0.5) is 5.69 Å². The summed E-state index contributed by atoms with van der Waals surface area (Å²) in [6.45, 7) is 2.14. The van der Waals surface area contributed by atoms with Gasteiger partial charge in [-0.2, -0.15) is 0 Å². The highest BCUT2D eigenvalue weighted by atomic mass is 16.2. The maximum absolute atomic E-state index is 12.4. The van der Waals surface area contributed by atoms with Crippen LogP contribution < -0.4 is 11.1 Å². The number of carbonyl (C=O) groups is 1. The van der Waals surface area contributed by atoms with Crippen molar-refractivity contribution in [1.29, 1.82) is 0 Å². The Kier molecular flexibility index (Phi) is 4.59. The Hall–Kier alpha value is -1.35. The van der Waals surface area contributed by atoms with Crippen LogP contribution >= 0.6 is 0 Å². The standard InChI is InChI=1S/C16H24N2O/c1-2-8-13-9-4-5-10-14(13)18-15(19)16(17)11-6-3-7-12-16/h4-5,9-10H,2-3,6-8,11-12,17H2,1H3,(H,18,19). The second kappa shape index (κ2) is 6.20. The van der Waals surface area contributed by atoms with Crippen molar-refractivity contribution in [2.75, 3.05) is 5.32 Å². The Morgan fingerprint density at radius 1 is 1.26 bits per heavy atom. The molecule has 1 aromatic rings. The maximum atomic E-state index is 12.4. The van der Waals surface area contributed by atoms with Gasteiger partial charge < -0.3 is 11.1 Å². The number of nitrogens with one attached hydrogen (secondary N) is 1. The molecule has 1 amide bonds. The van der Waals surface area contributed by atoms with E-state index in [1.807, 2.05) is 18.2 Å². The SMILES string of the molecule is CCCc1ccccc1NC(=O)C1(N)CCCCC1. The largest absolute Gasteiger partial charge is 0.324 e. The number of nitrogens with two attached hydrogens (primary N) is 1. The number of anilines is 1. The average Bonchev–Trinajstić information content (AvgIpc) is 2.42. The molecule has 0 unspecified atom stereocenters. The average molecular weight is 260 g/mol. The molecule has 0 bridgehead atoms. The van der Waals surface area contributed by atoms with Gasteiger partial charge in [0.1, 0.15) is 0 Å². The van der Waals surface area contributed by atoms with Crippen LogP contribution in [0, 0.1) is 0 Å². The monoisotopic (exact) mass is 260 g/mol. The van der Waals surface area contributed by atoms with Gasteiger partial charge in [-0.15, -0.1) is 0 Å². The molecule has 0 saturated heterocycles. The van der Waals surface area contributed by atoms with Crippen molar-refractivity contribution >= 4 is 11.6 Å². The molecule has 1 aliphatic rings. The first-order valence-electron chi connectivity index (χ1n) is 7.34. The summed E-state index contributed by atoms with van der Waals surface area (Å²) in [5.41, 5.74) is 7.71. The van der Waals surface area contributed by atoms with Gasteiger partial charge in [-0.25, -0.2) is 0 Å². The van der Waals surface area contributed by atoms with E-state index in [0.717, 1.165) is 44.2 Å². The summed E-state index contributed by atoms with van der Waals surface area (Å²) in [5.74, 6) is -0.0178. The van der Waals surface area contributed by atoms with Crippen molar-refractivity contribution < 1.29 is 4.79 Å². The Morgan fingerprint density at radius 3 is 2.63 bits per heavy atom. The Bertz CT molecular complexity index is 436. The number of aryl methyl sites for hydroxylation is 1. The minimum Gasteiger partial charge on any atom is -0.324 e. The highest BCUT2D eigenvalue weighted by Gasteiger charge is 2.35. The lowest BCUT2D eigenvalue weighted by Crippen LogP contribution is -2.52. The fourth-order valence-electron chi connectivity index (χ4n) is 2.79. The first-order valence-corrected chi connectivity index (χ1v) is 7.34. The van der Waals surface area contributed by atoms with Gasteiger partial charge in [0.25, 0.3) is 0 Å². The molecule has 1 saturated carbocycles. The molecule has 3 nitrogen and oxygen atoms in total. The van der Waals surface area contributed by atoms with Gasteiger partial charge in [0.05, 0.1) is 5.54 Å².